The number of nitrogens with zero attached hydrogens (tertiary/aromatic N) is 3. The molecule has 2 aromatic carbocycles. The van der Waals surface area contributed by atoms with E-state index in [-0.39, 0.29) is 12.5 Å². The number of unbranched alkanes of at least 4 members (excludes halogenated alkanes) is 1. The van der Waals surface area contributed by atoms with Crippen LogP contribution in [0.3, 0.4) is 0 Å². The summed E-state index contributed by atoms with van der Waals surface area (Å²) < 4.78 is 10.9. The number of anilines is 1. The topological polar surface area (TPSA) is 68.5 Å². The highest BCUT2D eigenvalue weighted by molar-refractivity contribution is 5.94. The van der Waals surface area contributed by atoms with E-state index in [9.17, 15) is 4.79 Å². The molecule has 0 saturated heterocycles. The fourth-order valence-electron chi connectivity index (χ4n) is 2.84. The van der Waals surface area contributed by atoms with Crippen molar-refractivity contribution < 1.29 is 14.1 Å². The maximum atomic E-state index is 12.5. The van der Waals surface area contributed by atoms with Crippen molar-refractivity contribution in [3.8, 4) is 17.1 Å². The van der Waals surface area contributed by atoms with E-state index in [0.29, 0.717) is 24.0 Å². The standard InChI is InChI=1S/C22H25N3O3/c1-3-5-11-20-23-22(24-28-20)17-12-14-19(15-13-17)27-16-21(26)25(4-2)18-9-7-6-8-10-18/h6-10,12-15H,3-5,11,16H2,1-2H3. The summed E-state index contributed by atoms with van der Waals surface area (Å²) in [6, 6.07) is 16.9. The van der Waals surface area contributed by atoms with Crippen molar-refractivity contribution in [1.82, 2.24) is 10.1 Å². The molecule has 0 radical (unpaired) electrons. The third-order valence-corrected chi connectivity index (χ3v) is 4.37. The van der Waals surface area contributed by atoms with Gasteiger partial charge in [0.15, 0.2) is 6.61 Å². The minimum absolute atomic E-state index is 0.0224. The zero-order valence-corrected chi connectivity index (χ0v) is 16.3. The molecular weight excluding hydrogens is 354 g/mol. The molecule has 1 heterocycles. The summed E-state index contributed by atoms with van der Waals surface area (Å²) in [5.41, 5.74) is 1.72. The molecule has 6 heteroatoms. The van der Waals surface area contributed by atoms with E-state index in [1.165, 1.54) is 0 Å². The molecule has 0 aliphatic heterocycles. The molecule has 0 N–H and O–H groups in total. The Labute approximate surface area is 165 Å². The Morgan fingerprint density at radius 3 is 2.50 bits per heavy atom. The molecule has 28 heavy (non-hydrogen) atoms. The van der Waals surface area contributed by atoms with Crippen LogP contribution in [0.1, 0.15) is 32.6 Å². The number of rotatable bonds is 9. The van der Waals surface area contributed by atoms with E-state index in [1.807, 2.05) is 61.5 Å². The molecule has 3 aromatic rings. The molecule has 0 aliphatic rings. The molecule has 3 rings (SSSR count). The number of likely N-dealkylation sites (N-methyl/N-ethyl adjacent to an activating group) is 1. The number of carbonyl (C=O) groups excluding carboxylic acids is 1. The second-order valence-electron chi connectivity index (χ2n) is 6.40. The molecule has 1 amide bonds. The molecule has 0 atom stereocenters. The van der Waals surface area contributed by atoms with Gasteiger partial charge in [0.25, 0.3) is 5.91 Å². The number of ether oxygens (including phenoxy) is 1. The van der Waals surface area contributed by atoms with Crippen molar-refractivity contribution in [1.29, 1.82) is 0 Å². The van der Waals surface area contributed by atoms with Gasteiger partial charge in [-0.1, -0.05) is 36.7 Å². The van der Waals surface area contributed by atoms with E-state index in [2.05, 4.69) is 17.1 Å². The average molecular weight is 379 g/mol. The largest absolute Gasteiger partial charge is 0.484 e. The van der Waals surface area contributed by atoms with Gasteiger partial charge < -0.3 is 14.2 Å². The van der Waals surface area contributed by atoms with Crippen molar-refractivity contribution >= 4 is 11.6 Å². The Morgan fingerprint density at radius 1 is 1.07 bits per heavy atom. The molecule has 0 saturated carbocycles. The quantitative estimate of drug-likeness (QED) is 0.547. The zero-order chi connectivity index (χ0) is 19.8. The Morgan fingerprint density at radius 2 is 1.82 bits per heavy atom. The van der Waals surface area contributed by atoms with Crippen LogP contribution in [0.4, 0.5) is 5.69 Å². The minimum atomic E-state index is -0.0866. The van der Waals surface area contributed by atoms with Crippen LogP contribution >= 0.6 is 0 Å². The first-order valence-electron chi connectivity index (χ1n) is 9.62. The first kappa shape index (κ1) is 19.6. The normalized spacial score (nSPS) is 10.6. The highest BCUT2D eigenvalue weighted by atomic mass is 16.5. The summed E-state index contributed by atoms with van der Waals surface area (Å²) in [5, 5.41) is 4.02. The van der Waals surface area contributed by atoms with Gasteiger partial charge in [0, 0.05) is 24.2 Å². The Bertz CT molecular complexity index is 876. The molecule has 1 aromatic heterocycles. The number of amides is 1. The van der Waals surface area contributed by atoms with Crippen LogP contribution < -0.4 is 9.64 Å². The molecule has 0 unspecified atom stereocenters. The minimum Gasteiger partial charge on any atom is -0.484 e. The first-order chi connectivity index (χ1) is 13.7. The van der Waals surface area contributed by atoms with Gasteiger partial charge >= 0.3 is 0 Å². The third kappa shape index (κ3) is 4.97. The van der Waals surface area contributed by atoms with Crippen molar-refractivity contribution in [2.75, 3.05) is 18.1 Å². The van der Waals surface area contributed by atoms with Crippen LogP contribution in [-0.4, -0.2) is 29.2 Å². The van der Waals surface area contributed by atoms with Crippen molar-refractivity contribution in [3.63, 3.8) is 0 Å². The van der Waals surface area contributed by atoms with E-state index in [1.54, 1.807) is 4.90 Å². The Kier molecular flexibility index (Phi) is 6.78. The number of aromatic nitrogens is 2. The predicted octanol–water partition coefficient (Wildman–Crippen LogP) is 4.51. The molecule has 0 spiro atoms. The lowest BCUT2D eigenvalue weighted by Crippen LogP contribution is -2.34. The van der Waals surface area contributed by atoms with Crippen molar-refractivity contribution in [2.45, 2.75) is 33.1 Å². The molecular formula is C22H25N3O3. The van der Waals surface area contributed by atoms with E-state index in [0.717, 1.165) is 30.5 Å². The summed E-state index contributed by atoms with van der Waals surface area (Å²) in [4.78, 5) is 18.6. The third-order valence-electron chi connectivity index (χ3n) is 4.37. The highest BCUT2D eigenvalue weighted by Crippen LogP contribution is 2.21. The van der Waals surface area contributed by atoms with Gasteiger partial charge in [-0.2, -0.15) is 4.98 Å². The van der Waals surface area contributed by atoms with Crippen LogP contribution in [0.25, 0.3) is 11.4 Å². The summed E-state index contributed by atoms with van der Waals surface area (Å²) >= 11 is 0. The summed E-state index contributed by atoms with van der Waals surface area (Å²) in [6.07, 6.45) is 2.91. The Hall–Kier alpha value is -3.15. The van der Waals surface area contributed by atoms with E-state index >= 15 is 0 Å². The van der Waals surface area contributed by atoms with Gasteiger partial charge in [-0.25, -0.2) is 0 Å². The van der Waals surface area contributed by atoms with Gasteiger partial charge in [-0.3, -0.25) is 4.79 Å². The monoisotopic (exact) mass is 379 g/mol. The molecule has 6 nitrogen and oxygen atoms in total. The van der Waals surface area contributed by atoms with Crippen LogP contribution in [-0.2, 0) is 11.2 Å². The first-order valence-corrected chi connectivity index (χ1v) is 9.62. The zero-order valence-electron chi connectivity index (χ0n) is 16.3. The summed E-state index contributed by atoms with van der Waals surface area (Å²) in [7, 11) is 0. The lowest BCUT2D eigenvalue weighted by Gasteiger charge is -2.21. The lowest BCUT2D eigenvalue weighted by atomic mass is 10.2. The number of benzene rings is 2. The fraction of sp³-hybridized carbons (Fsp3) is 0.318. The van der Waals surface area contributed by atoms with Crippen molar-refractivity contribution in [2.24, 2.45) is 0 Å². The number of carbonyl (C=O) groups is 1. The summed E-state index contributed by atoms with van der Waals surface area (Å²) in [6.45, 7) is 4.63. The predicted molar refractivity (Wildman–Crippen MR) is 108 cm³/mol. The number of para-hydroxylation sites is 1. The van der Waals surface area contributed by atoms with Crippen LogP contribution in [0.15, 0.2) is 59.1 Å². The molecule has 146 valence electrons. The summed E-state index contributed by atoms with van der Waals surface area (Å²) in [5.74, 6) is 1.76. The van der Waals surface area contributed by atoms with Crippen LogP contribution in [0.5, 0.6) is 5.75 Å². The highest BCUT2D eigenvalue weighted by Gasteiger charge is 2.14. The lowest BCUT2D eigenvalue weighted by molar-refractivity contribution is -0.120. The SMILES string of the molecule is CCCCc1nc(-c2ccc(OCC(=O)N(CC)c3ccccc3)cc2)no1. The number of hydrogen-bond acceptors (Lipinski definition) is 5. The van der Waals surface area contributed by atoms with E-state index < -0.39 is 0 Å². The molecule has 0 fully saturated rings. The maximum Gasteiger partial charge on any atom is 0.264 e. The van der Waals surface area contributed by atoms with Crippen molar-refractivity contribution in [3.05, 3.63) is 60.5 Å². The fourth-order valence-corrected chi connectivity index (χ4v) is 2.84. The van der Waals surface area contributed by atoms with Gasteiger partial charge in [-0.05, 0) is 49.7 Å². The molecule has 0 bridgehead atoms. The molecule has 0 aliphatic carbocycles. The average Bonchev–Trinajstić information content (AvgIpc) is 3.21. The number of aryl methyl sites for hydroxylation is 1. The van der Waals surface area contributed by atoms with Gasteiger partial charge in [0.1, 0.15) is 5.75 Å². The second-order valence-corrected chi connectivity index (χ2v) is 6.40. The van der Waals surface area contributed by atoms with Gasteiger partial charge in [0.2, 0.25) is 11.7 Å². The van der Waals surface area contributed by atoms with Crippen LogP contribution in [0.2, 0.25) is 0 Å². The maximum absolute atomic E-state index is 12.5. The second kappa shape index (κ2) is 9.69. The van der Waals surface area contributed by atoms with E-state index in [4.69, 9.17) is 9.26 Å². The smallest absolute Gasteiger partial charge is 0.264 e. The Balaban J connectivity index is 1.58. The van der Waals surface area contributed by atoms with Gasteiger partial charge in [-0.15, -0.1) is 0 Å². The van der Waals surface area contributed by atoms with Gasteiger partial charge in [0.05, 0.1) is 0 Å². The van der Waals surface area contributed by atoms with Crippen LogP contribution in [0, 0.1) is 0 Å². The number of hydrogen-bond donors (Lipinski definition) is 0.